The van der Waals surface area contributed by atoms with Crippen molar-refractivity contribution >= 4 is 21.9 Å². The van der Waals surface area contributed by atoms with Gasteiger partial charge in [-0.15, -0.1) is 0 Å². The molecule has 1 saturated heterocycles. The maximum atomic E-state index is 12.2. The van der Waals surface area contributed by atoms with Crippen LogP contribution in [0.15, 0.2) is 46.9 Å². The fourth-order valence-electron chi connectivity index (χ4n) is 3.24. The second-order valence-electron chi connectivity index (χ2n) is 8.40. The summed E-state index contributed by atoms with van der Waals surface area (Å²) in [5.41, 5.74) is 1.26. The smallest absolute Gasteiger partial charge is 0.310 e. The van der Waals surface area contributed by atoms with Crippen LogP contribution in [0.25, 0.3) is 0 Å². The van der Waals surface area contributed by atoms with Gasteiger partial charge in [0.1, 0.15) is 30.3 Å². The Morgan fingerprint density at radius 2 is 1.97 bits per heavy atom. The number of carbonyl (C=O) groups is 1. The van der Waals surface area contributed by atoms with Crippen molar-refractivity contribution < 1.29 is 23.7 Å². The zero-order valence-corrected chi connectivity index (χ0v) is 19.4. The predicted molar refractivity (Wildman–Crippen MR) is 119 cm³/mol. The summed E-state index contributed by atoms with van der Waals surface area (Å²) in [4.78, 5) is 12.2. The quantitative estimate of drug-likeness (QED) is 0.472. The summed E-state index contributed by atoms with van der Waals surface area (Å²) in [5.74, 6) is 1.18. The van der Waals surface area contributed by atoms with Crippen molar-refractivity contribution in [2.45, 2.75) is 58.3 Å². The number of esters is 1. The highest BCUT2D eigenvalue weighted by Gasteiger charge is 2.18. The summed E-state index contributed by atoms with van der Waals surface area (Å²) in [6, 6.07) is 13.4. The maximum absolute atomic E-state index is 12.2. The summed E-state index contributed by atoms with van der Waals surface area (Å²) in [5, 5.41) is 0. The molecule has 1 heterocycles. The number of halogens is 1. The van der Waals surface area contributed by atoms with Crippen LogP contribution in [0.3, 0.4) is 0 Å². The summed E-state index contributed by atoms with van der Waals surface area (Å²) >= 11 is 3.54. The van der Waals surface area contributed by atoms with Gasteiger partial charge in [0.2, 0.25) is 0 Å². The van der Waals surface area contributed by atoms with Gasteiger partial charge in [0.15, 0.2) is 0 Å². The third-order valence-electron chi connectivity index (χ3n) is 4.51. The van der Waals surface area contributed by atoms with Crippen LogP contribution in [0.2, 0.25) is 0 Å². The summed E-state index contributed by atoms with van der Waals surface area (Å²) in [6.07, 6.45) is 2.47. The zero-order chi connectivity index (χ0) is 21.6. The molecule has 0 aromatic heterocycles. The lowest BCUT2D eigenvalue weighted by molar-refractivity contribution is -0.153. The molecular formula is C24H29BrO5. The molecule has 1 aliphatic rings. The fraction of sp³-hybridized carbons (Fsp3) is 0.458. The molecular weight excluding hydrogens is 448 g/mol. The van der Waals surface area contributed by atoms with Gasteiger partial charge >= 0.3 is 5.97 Å². The fourth-order valence-corrected chi connectivity index (χ4v) is 3.76. The second kappa shape index (κ2) is 10.3. The Bertz CT molecular complexity index is 853. The molecule has 2 aromatic rings. The minimum Gasteiger partial charge on any atom is -0.491 e. The van der Waals surface area contributed by atoms with Gasteiger partial charge in [-0.3, -0.25) is 4.79 Å². The van der Waals surface area contributed by atoms with E-state index in [-0.39, 0.29) is 18.5 Å². The van der Waals surface area contributed by atoms with Gasteiger partial charge in [-0.2, -0.15) is 0 Å². The van der Waals surface area contributed by atoms with Crippen LogP contribution in [-0.4, -0.2) is 30.9 Å². The Labute approximate surface area is 186 Å². The molecule has 162 valence electrons. The van der Waals surface area contributed by atoms with Crippen LogP contribution < -0.4 is 9.47 Å². The van der Waals surface area contributed by atoms with Gasteiger partial charge in [-0.1, -0.05) is 34.1 Å². The molecule has 0 radical (unpaired) electrons. The van der Waals surface area contributed by atoms with Crippen molar-refractivity contribution in [3.05, 3.63) is 58.1 Å². The predicted octanol–water partition coefficient (Wildman–Crippen LogP) is 5.47. The van der Waals surface area contributed by atoms with Crippen LogP contribution in [0.4, 0.5) is 0 Å². The first-order valence-corrected chi connectivity index (χ1v) is 11.0. The van der Waals surface area contributed by atoms with Crippen molar-refractivity contribution in [3.63, 3.8) is 0 Å². The van der Waals surface area contributed by atoms with Gasteiger partial charge in [-0.25, -0.2) is 0 Å². The van der Waals surface area contributed by atoms with Gasteiger partial charge in [0.05, 0.1) is 12.5 Å². The first kappa shape index (κ1) is 22.6. The van der Waals surface area contributed by atoms with E-state index >= 15 is 0 Å². The molecule has 0 unspecified atom stereocenters. The standard InChI is InChI=1S/C24H29BrO5/c1-24(2,3)30-23(26)13-18-7-4-5-9-22(18)29-15-17-11-19(25)14-21(12-17)28-16-20-8-6-10-27-20/h4-5,7,9,11-12,14,20H,6,8,10,13,15-16H2,1-3H3/t20-/m1/s1. The van der Waals surface area contributed by atoms with E-state index in [0.29, 0.717) is 19.0 Å². The van der Waals surface area contributed by atoms with Crippen LogP contribution in [0, 0.1) is 0 Å². The number of hydrogen-bond donors (Lipinski definition) is 0. The first-order valence-electron chi connectivity index (χ1n) is 10.2. The SMILES string of the molecule is CC(C)(C)OC(=O)Cc1ccccc1OCc1cc(Br)cc(OC[C@H]2CCCO2)c1. The number of benzene rings is 2. The van der Waals surface area contributed by atoms with Gasteiger partial charge in [0, 0.05) is 16.6 Å². The normalized spacial score (nSPS) is 16.3. The third-order valence-corrected chi connectivity index (χ3v) is 4.97. The highest BCUT2D eigenvalue weighted by molar-refractivity contribution is 9.10. The molecule has 6 heteroatoms. The highest BCUT2D eigenvalue weighted by atomic mass is 79.9. The number of ether oxygens (including phenoxy) is 4. The molecule has 0 saturated carbocycles. The van der Waals surface area contributed by atoms with Crippen molar-refractivity contribution in [2.24, 2.45) is 0 Å². The number of rotatable bonds is 8. The van der Waals surface area contributed by atoms with Crippen LogP contribution in [0.1, 0.15) is 44.7 Å². The molecule has 1 atom stereocenters. The lowest BCUT2D eigenvalue weighted by Crippen LogP contribution is -2.25. The van der Waals surface area contributed by atoms with E-state index in [9.17, 15) is 4.79 Å². The second-order valence-corrected chi connectivity index (χ2v) is 9.32. The average molecular weight is 477 g/mol. The minimum absolute atomic E-state index is 0.168. The van der Waals surface area contributed by atoms with Crippen LogP contribution in [0.5, 0.6) is 11.5 Å². The van der Waals surface area contributed by atoms with Crippen molar-refractivity contribution in [1.29, 1.82) is 0 Å². The van der Waals surface area contributed by atoms with Crippen LogP contribution in [-0.2, 0) is 27.3 Å². The molecule has 30 heavy (non-hydrogen) atoms. The zero-order valence-electron chi connectivity index (χ0n) is 17.8. The van der Waals surface area contributed by atoms with E-state index in [0.717, 1.165) is 40.8 Å². The first-order chi connectivity index (χ1) is 14.3. The van der Waals surface area contributed by atoms with Gasteiger partial charge < -0.3 is 18.9 Å². The monoisotopic (exact) mass is 476 g/mol. The molecule has 0 spiro atoms. The van der Waals surface area contributed by atoms with Crippen molar-refractivity contribution in [2.75, 3.05) is 13.2 Å². The molecule has 3 rings (SSSR count). The van der Waals surface area contributed by atoms with E-state index in [4.69, 9.17) is 18.9 Å². The third kappa shape index (κ3) is 7.33. The molecule has 0 N–H and O–H groups in total. The average Bonchev–Trinajstić information content (AvgIpc) is 3.17. The van der Waals surface area contributed by atoms with E-state index < -0.39 is 5.60 Å². The molecule has 0 amide bonds. The van der Waals surface area contributed by atoms with Crippen LogP contribution >= 0.6 is 15.9 Å². The van der Waals surface area contributed by atoms with Crippen molar-refractivity contribution in [1.82, 2.24) is 0 Å². The molecule has 0 aliphatic carbocycles. The molecule has 0 bridgehead atoms. The molecule has 1 fully saturated rings. The summed E-state index contributed by atoms with van der Waals surface area (Å²) in [7, 11) is 0. The Kier molecular flexibility index (Phi) is 7.78. The number of carbonyl (C=O) groups excluding carboxylic acids is 1. The molecule has 5 nitrogen and oxygen atoms in total. The lowest BCUT2D eigenvalue weighted by atomic mass is 10.1. The molecule has 1 aliphatic heterocycles. The Hall–Kier alpha value is -2.05. The van der Waals surface area contributed by atoms with E-state index in [1.165, 1.54) is 0 Å². The Morgan fingerprint density at radius 3 is 2.70 bits per heavy atom. The van der Waals surface area contributed by atoms with Crippen molar-refractivity contribution in [3.8, 4) is 11.5 Å². The van der Waals surface area contributed by atoms with Gasteiger partial charge in [-0.05, 0) is 63.4 Å². The Balaban J connectivity index is 1.61. The van der Waals surface area contributed by atoms with E-state index in [1.807, 2.05) is 63.2 Å². The van der Waals surface area contributed by atoms with E-state index in [1.54, 1.807) is 0 Å². The maximum Gasteiger partial charge on any atom is 0.310 e. The van der Waals surface area contributed by atoms with E-state index in [2.05, 4.69) is 15.9 Å². The van der Waals surface area contributed by atoms with Gasteiger partial charge in [0.25, 0.3) is 0 Å². The molecule has 2 aromatic carbocycles. The largest absolute Gasteiger partial charge is 0.491 e. The highest BCUT2D eigenvalue weighted by Crippen LogP contribution is 2.26. The number of hydrogen-bond acceptors (Lipinski definition) is 5. The topological polar surface area (TPSA) is 54.0 Å². The summed E-state index contributed by atoms with van der Waals surface area (Å²) in [6.45, 7) is 7.31. The summed E-state index contributed by atoms with van der Waals surface area (Å²) < 4.78 is 23.9. The minimum atomic E-state index is -0.511. The Morgan fingerprint density at radius 1 is 1.17 bits per heavy atom. The number of para-hydroxylation sites is 1. The lowest BCUT2D eigenvalue weighted by Gasteiger charge is -2.20.